The van der Waals surface area contributed by atoms with E-state index in [2.05, 4.69) is 20.4 Å². The van der Waals surface area contributed by atoms with Gasteiger partial charge in [0, 0.05) is 6.61 Å². The van der Waals surface area contributed by atoms with Gasteiger partial charge in [-0.25, -0.2) is 0 Å². The zero-order valence-electron chi connectivity index (χ0n) is 11.9. The van der Waals surface area contributed by atoms with Gasteiger partial charge in [-0.05, 0) is 39.0 Å². The second-order valence-electron chi connectivity index (χ2n) is 4.65. The fraction of sp³-hybridized carbons (Fsp3) is 0.867. The minimum Gasteiger partial charge on any atom is -0.390 e. The van der Waals surface area contributed by atoms with Gasteiger partial charge in [0.25, 0.3) is 0 Å². The number of hydrogen-bond donors (Lipinski definition) is 1. The Labute approximate surface area is 107 Å². The Hall–Kier alpha value is -0.340. The van der Waals surface area contributed by atoms with Crippen LogP contribution in [0.15, 0.2) is 12.7 Å². The molecule has 0 aliphatic rings. The highest BCUT2D eigenvalue weighted by Gasteiger charge is 2.34. The maximum Gasteiger partial charge on any atom is 0.0934 e. The highest BCUT2D eigenvalue weighted by Crippen LogP contribution is 2.28. The molecule has 102 valence electrons. The molecule has 0 bridgehead atoms. The quantitative estimate of drug-likeness (QED) is 0.437. The summed E-state index contributed by atoms with van der Waals surface area (Å²) in [6, 6.07) is 0. The molecule has 0 saturated carbocycles. The molecule has 0 aliphatic heterocycles. The van der Waals surface area contributed by atoms with Crippen LogP contribution in [-0.4, -0.2) is 23.4 Å². The molecule has 0 amide bonds. The van der Waals surface area contributed by atoms with Crippen LogP contribution in [0.5, 0.6) is 0 Å². The number of hydrogen-bond acceptors (Lipinski definition) is 2. The van der Waals surface area contributed by atoms with E-state index in [9.17, 15) is 5.11 Å². The zero-order chi connectivity index (χ0) is 13.1. The molecule has 1 N–H and O–H groups in total. The maximum atomic E-state index is 10.3. The van der Waals surface area contributed by atoms with E-state index in [4.69, 9.17) is 4.74 Å². The van der Waals surface area contributed by atoms with Gasteiger partial charge in [0.05, 0.1) is 11.7 Å². The summed E-state index contributed by atoms with van der Waals surface area (Å²) < 4.78 is 5.80. The molecule has 17 heavy (non-hydrogen) atoms. The summed E-state index contributed by atoms with van der Waals surface area (Å²) in [5, 5.41) is 10.3. The third-order valence-electron chi connectivity index (χ3n) is 3.62. The van der Waals surface area contributed by atoms with Gasteiger partial charge in [-0.3, -0.25) is 0 Å². The number of rotatable bonds is 11. The fourth-order valence-electron chi connectivity index (χ4n) is 2.38. The highest BCUT2D eigenvalue weighted by atomic mass is 16.5. The Bertz CT molecular complexity index is 185. The second-order valence-corrected chi connectivity index (χ2v) is 4.65. The zero-order valence-corrected chi connectivity index (χ0v) is 11.9. The summed E-state index contributed by atoms with van der Waals surface area (Å²) in [7, 11) is 0. The Balaban J connectivity index is 4.04. The first-order chi connectivity index (χ1) is 8.16. The van der Waals surface area contributed by atoms with Gasteiger partial charge in [0.1, 0.15) is 0 Å². The number of aliphatic hydroxyl groups excluding tert-OH is 1. The molecule has 0 aromatic heterocycles. The Morgan fingerprint density at radius 1 is 1.18 bits per heavy atom. The first-order valence-electron chi connectivity index (χ1n) is 7.09. The predicted molar refractivity (Wildman–Crippen MR) is 74.2 cm³/mol. The summed E-state index contributed by atoms with van der Waals surface area (Å²) in [6.45, 7) is 10.6. The van der Waals surface area contributed by atoms with E-state index in [1.807, 2.05) is 13.0 Å². The van der Waals surface area contributed by atoms with Crippen LogP contribution in [0.2, 0.25) is 0 Å². The fourth-order valence-corrected chi connectivity index (χ4v) is 2.38. The molecule has 2 heteroatoms. The van der Waals surface area contributed by atoms with Crippen LogP contribution < -0.4 is 0 Å². The third kappa shape index (κ3) is 5.69. The molecule has 2 nitrogen and oxygen atoms in total. The first-order valence-corrected chi connectivity index (χ1v) is 7.09. The van der Waals surface area contributed by atoms with Crippen LogP contribution in [0.25, 0.3) is 0 Å². The standard InChI is InChI=1S/C15H30O2/c1-5-9-10-11-12-13-14(16)15(6-2,7-3)17-8-4/h5,14,16H,1,6-13H2,2-4H3. The molecular formula is C15H30O2. The smallest absolute Gasteiger partial charge is 0.0934 e. The van der Waals surface area contributed by atoms with Crippen molar-refractivity contribution in [1.82, 2.24) is 0 Å². The number of ether oxygens (including phenoxy) is 1. The van der Waals surface area contributed by atoms with Crippen LogP contribution in [-0.2, 0) is 4.74 Å². The maximum absolute atomic E-state index is 10.3. The molecule has 0 rings (SSSR count). The van der Waals surface area contributed by atoms with Crippen molar-refractivity contribution in [1.29, 1.82) is 0 Å². The van der Waals surface area contributed by atoms with Crippen molar-refractivity contribution in [3.8, 4) is 0 Å². The molecule has 0 aromatic rings. The SMILES string of the molecule is C=CCCCCCC(O)C(CC)(CC)OCC. The van der Waals surface area contributed by atoms with Crippen LogP contribution in [0.1, 0.15) is 65.7 Å². The molecule has 1 atom stereocenters. The van der Waals surface area contributed by atoms with Crippen molar-refractivity contribution < 1.29 is 9.84 Å². The predicted octanol–water partition coefficient (Wildman–Crippen LogP) is 4.08. The Morgan fingerprint density at radius 2 is 1.82 bits per heavy atom. The normalized spacial score (nSPS) is 13.6. The molecule has 0 aromatic carbocycles. The van der Waals surface area contributed by atoms with Crippen molar-refractivity contribution in [3.63, 3.8) is 0 Å². The van der Waals surface area contributed by atoms with Crippen molar-refractivity contribution in [2.75, 3.05) is 6.61 Å². The van der Waals surface area contributed by atoms with Gasteiger partial charge < -0.3 is 9.84 Å². The van der Waals surface area contributed by atoms with Gasteiger partial charge in [-0.2, -0.15) is 0 Å². The molecule has 0 fully saturated rings. The lowest BCUT2D eigenvalue weighted by molar-refractivity contribution is -0.127. The number of allylic oxidation sites excluding steroid dienone is 1. The summed E-state index contributed by atoms with van der Waals surface area (Å²) in [6.07, 6.45) is 8.72. The lowest BCUT2D eigenvalue weighted by Crippen LogP contribution is -2.44. The van der Waals surface area contributed by atoms with Crippen molar-refractivity contribution >= 4 is 0 Å². The van der Waals surface area contributed by atoms with Crippen LogP contribution in [0, 0.1) is 0 Å². The number of unbranched alkanes of at least 4 members (excludes halogenated alkanes) is 3. The molecule has 0 radical (unpaired) electrons. The first kappa shape index (κ1) is 16.7. The summed E-state index contributed by atoms with van der Waals surface area (Å²) in [5.74, 6) is 0. The summed E-state index contributed by atoms with van der Waals surface area (Å²) >= 11 is 0. The van der Waals surface area contributed by atoms with E-state index in [0.717, 1.165) is 32.1 Å². The van der Waals surface area contributed by atoms with E-state index in [0.29, 0.717) is 6.61 Å². The second kappa shape index (κ2) is 9.67. The minimum atomic E-state index is -0.332. The minimum absolute atomic E-state index is 0.326. The summed E-state index contributed by atoms with van der Waals surface area (Å²) in [4.78, 5) is 0. The third-order valence-corrected chi connectivity index (χ3v) is 3.62. The van der Waals surface area contributed by atoms with Crippen LogP contribution in [0.4, 0.5) is 0 Å². The highest BCUT2D eigenvalue weighted by molar-refractivity contribution is 4.86. The van der Waals surface area contributed by atoms with Gasteiger partial charge >= 0.3 is 0 Å². The van der Waals surface area contributed by atoms with Crippen molar-refractivity contribution in [2.45, 2.75) is 77.4 Å². The van der Waals surface area contributed by atoms with E-state index in [-0.39, 0.29) is 11.7 Å². The average Bonchev–Trinajstić information content (AvgIpc) is 2.35. The molecule has 0 saturated heterocycles. The van der Waals surface area contributed by atoms with Gasteiger partial charge in [0.2, 0.25) is 0 Å². The van der Waals surface area contributed by atoms with Gasteiger partial charge in [-0.15, -0.1) is 6.58 Å². The van der Waals surface area contributed by atoms with Gasteiger partial charge in [-0.1, -0.05) is 32.8 Å². The van der Waals surface area contributed by atoms with Crippen LogP contribution >= 0.6 is 0 Å². The molecule has 0 spiro atoms. The van der Waals surface area contributed by atoms with E-state index in [1.54, 1.807) is 0 Å². The Morgan fingerprint density at radius 3 is 2.29 bits per heavy atom. The van der Waals surface area contributed by atoms with E-state index in [1.165, 1.54) is 12.8 Å². The molecular weight excluding hydrogens is 212 g/mol. The molecule has 0 aliphatic carbocycles. The lowest BCUT2D eigenvalue weighted by atomic mass is 9.87. The van der Waals surface area contributed by atoms with Crippen molar-refractivity contribution in [3.05, 3.63) is 12.7 Å². The average molecular weight is 242 g/mol. The molecule has 1 unspecified atom stereocenters. The lowest BCUT2D eigenvalue weighted by Gasteiger charge is -2.36. The number of aliphatic hydroxyl groups is 1. The van der Waals surface area contributed by atoms with Crippen LogP contribution in [0.3, 0.4) is 0 Å². The largest absolute Gasteiger partial charge is 0.390 e. The topological polar surface area (TPSA) is 29.5 Å². The molecule has 0 heterocycles. The summed E-state index contributed by atoms with van der Waals surface area (Å²) in [5.41, 5.74) is -0.326. The van der Waals surface area contributed by atoms with E-state index < -0.39 is 0 Å². The van der Waals surface area contributed by atoms with Crippen molar-refractivity contribution in [2.24, 2.45) is 0 Å². The van der Waals surface area contributed by atoms with E-state index >= 15 is 0 Å². The Kier molecular flexibility index (Phi) is 9.47. The monoisotopic (exact) mass is 242 g/mol. The van der Waals surface area contributed by atoms with Gasteiger partial charge in [0.15, 0.2) is 0 Å².